The third-order valence-electron chi connectivity index (χ3n) is 4.10. The molecule has 1 aliphatic rings. The Kier molecular flexibility index (Phi) is 7.25. The molecule has 1 N–H and O–H groups in total. The van der Waals surface area contributed by atoms with E-state index < -0.39 is 0 Å². The van der Waals surface area contributed by atoms with Crippen LogP contribution < -0.4 is 0 Å². The van der Waals surface area contributed by atoms with Crippen molar-refractivity contribution in [3.63, 3.8) is 0 Å². The van der Waals surface area contributed by atoms with Crippen molar-refractivity contribution in [2.45, 2.75) is 26.0 Å². The number of rotatable bonds is 8. The van der Waals surface area contributed by atoms with Crippen LogP contribution in [0.25, 0.3) is 0 Å². The Morgan fingerprint density at radius 3 is 2.59 bits per heavy atom. The molecule has 22 heavy (non-hydrogen) atoms. The van der Waals surface area contributed by atoms with Crippen LogP contribution in [0.4, 0.5) is 4.39 Å². The lowest BCUT2D eigenvalue weighted by Gasteiger charge is -2.31. The first kappa shape index (κ1) is 17.3. The maximum Gasteiger partial charge on any atom is 0.123 e. The fraction of sp³-hybridized carbons (Fsp3) is 0.647. The Morgan fingerprint density at radius 2 is 1.95 bits per heavy atom. The van der Waals surface area contributed by atoms with Crippen molar-refractivity contribution in [2.24, 2.45) is 0 Å². The number of halogens is 1. The summed E-state index contributed by atoms with van der Waals surface area (Å²) in [6, 6.07) is 6.61. The van der Waals surface area contributed by atoms with Crippen molar-refractivity contribution in [1.82, 2.24) is 9.80 Å². The van der Waals surface area contributed by atoms with Gasteiger partial charge in [0.05, 0.1) is 19.3 Å². The van der Waals surface area contributed by atoms with Crippen molar-refractivity contribution < 1.29 is 14.2 Å². The van der Waals surface area contributed by atoms with Crippen LogP contribution in [0, 0.1) is 5.82 Å². The summed E-state index contributed by atoms with van der Waals surface area (Å²) < 4.78 is 18.4. The number of hydrogen-bond donors (Lipinski definition) is 1. The molecular formula is C17H27FN2O2. The quantitative estimate of drug-likeness (QED) is 0.793. The van der Waals surface area contributed by atoms with Gasteiger partial charge in [0.2, 0.25) is 0 Å². The van der Waals surface area contributed by atoms with Gasteiger partial charge in [0, 0.05) is 39.3 Å². The van der Waals surface area contributed by atoms with E-state index in [4.69, 9.17) is 4.74 Å². The number of benzene rings is 1. The van der Waals surface area contributed by atoms with Crippen molar-refractivity contribution in [1.29, 1.82) is 0 Å². The Labute approximate surface area is 132 Å². The Balaban J connectivity index is 1.88. The zero-order valence-electron chi connectivity index (χ0n) is 13.4. The number of nitrogens with zero attached hydrogens (tertiary/aromatic N) is 2. The predicted molar refractivity (Wildman–Crippen MR) is 85.2 cm³/mol. The number of aliphatic hydroxyl groups is 1. The molecular weight excluding hydrogens is 283 g/mol. The second-order valence-corrected chi connectivity index (χ2v) is 5.88. The van der Waals surface area contributed by atoms with Crippen LogP contribution in [-0.2, 0) is 11.3 Å². The molecule has 1 saturated heterocycles. The van der Waals surface area contributed by atoms with Crippen molar-refractivity contribution >= 4 is 0 Å². The van der Waals surface area contributed by atoms with Gasteiger partial charge in [0.1, 0.15) is 5.82 Å². The van der Waals surface area contributed by atoms with Crippen LogP contribution in [0.15, 0.2) is 24.3 Å². The molecule has 4 nitrogen and oxygen atoms in total. The monoisotopic (exact) mass is 310 g/mol. The topological polar surface area (TPSA) is 35.9 Å². The Hall–Kier alpha value is -1.01. The van der Waals surface area contributed by atoms with E-state index in [1.807, 2.05) is 19.1 Å². The number of hydrogen-bond acceptors (Lipinski definition) is 4. The molecule has 0 saturated carbocycles. The van der Waals surface area contributed by atoms with Gasteiger partial charge in [-0.25, -0.2) is 4.39 Å². The third kappa shape index (κ3) is 6.01. The molecule has 1 heterocycles. The smallest absolute Gasteiger partial charge is 0.123 e. The van der Waals surface area contributed by atoms with Gasteiger partial charge in [0.15, 0.2) is 0 Å². The standard InChI is InChI=1S/C17H27FN2O2/c1-2-17(21)14-20(8-7-19-9-11-22-12-10-19)13-15-3-5-16(18)6-4-15/h3-6,17,21H,2,7-14H2,1H3. The fourth-order valence-corrected chi connectivity index (χ4v) is 2.62. The first-order valence-corrected chi connectivity index (χ1v) is 8.12. The Bertz CT molecular complexity index is 421. The van der Waals surface area contributed by atoms with E-state index in [-0.39, 0.29) is 11.9 Å². The summed E-state index contributed by atoms with van der Waals surface area (Å²) in [6.45, 7) is 8.80. The molecule has 1 atom stereocenters. The number of aliphatic hydroxyl groups excluding tert-OH is 1. The minimum absolute atomic E-state index is 0.211. The highest BCUT2D eigenvalue weighted by Crippen LogP contribution is 2.09. The van der Waals surface area contributed by atoms with Crippen molar-refractivity contribution in [3.8, 4) is 0 Å². The highest BCUT2D eigenvalue weighted by atomic mass is 19.1. The highest BCUT2D eigenvalue weighted by molar-refractivity contribution is 5.15. The third-order valence-corrected chi connectivity index (χ3v) is 4.10. The fourth-order valence-electron chi connectivity index (χ4n) is 2.62. The summed E-state index contributed by atoms with van der Waals surface area (Å²) >= 11 is 0. The van der Waals surface area contributed by atoms with Gasteiger partial charge in [-0.15, -0.1) is 0 Å². The molecule has 1 aromatic rings. The minimum Gasteiger partial charge on any atom is -0.392 e. The van der Waals surface area contributed by atoms with E-state index in [0.29, 0.717) is 6.54 Å². The van der Waals surface area contributed by atoms with Crippen LogP contribution in [0.5, 0.6) is 0 Å². The van der Waals surface area contributed by atoms with Crippen LogP contribution in [0.1, 0.15) is 18.9 Å². The zero-order valence-corrected chi connectivity index (χ0v) is 13.4. The average molecular weight is 310 g/mol. The number of ether oxygens (including phenoxy) is 1. The molecule has 1 unspecified atom stereocenters. The van der Waals surface area contributed by atoms with E-state index in [1.54, 1.807) is 0 Å². The van der Waals surface area contributed by atoms with Crippen LogP contribution in [-0.4, -0.2) is 66.9 Å². The van der Waals surface area contributed by atoms with E-state index in [1.165, 1.54) is 12.1 Å². The summed E-state index contributed by atoms with van der Waals surface area (Å²) in [7, 11) is 0. The van der Waals surface area contributed by atoms with Gasteiger partial charge < -0.3 is 9.84 Å². The van der Waals surface area contributed by atoms with Crippen LogP contribution in [0.3, 0.4) is 0 Å². The summed E-state index contributed by atoms with van der Waals surface area (Å²) in [5, 5.41) is 9.95. The van der Waals surface area contributed by atoms with Gasteiger partial charge >= 0.3 is 0 Å². The molecule has 0 aliphatic carbocycles. The number of morpholine rings is 1. The second-order valence-electron chi connectivity index (χ2n) is 5.88. The lowest BCUT2D eigenvalue weighted by Crippen LogP contribution is -2.42. The summed E-state index contributed by atoms with van der Waals surface area (Å²) in [4.78, 5) is 4.64. The van der Waals surface area contributed by atoms with E-state index in [2.05, 4.69) is 9.80 Å². The SMILES string of the molecule is CCC(O)CN(CCN1CCOCC1)Cc1ccc(F)cc1. The van der Waals surface area contributed by atoms with Crippen LogP contribution >= 0.6 is 0 Å². The highest BCUT2D eigenvalue weighted by Gasteiger charge is 2.15. The molecule has 0 spiro atoms. The first-order chi connectivity index (χ1) is 10.7. The maximum atomic E-state index is 13.0. The Morgan fingerprint density at radius 1 is 1.27 bits per heavy atom. The minimum atomic E-state index is -0.315. The summed E-state index contributed by atoms with van der Waals surface area (Å²) in [6.07, 6.45) is 0.433. The van der Waals surface area contributed by atoms with E-state index >= 15 is 0 Å². The maximum absolute atomic E-state index is 13.0. The largest absolute Gasteiger partial charge is 0.392 e. The van der Waals surface area contributed by atoms with Gasteiger partial charge in [0.25, 0.3) is 0 Å². The molecule has 0 aromatic heterocycles. The molecule has 5 heteroatoms. The second kappa shape index (κ2) is 9.20. The summed E-state index contributed by atoms with van der Waals surface area (Å²) in [5.74, 6) is -0.211. The lowest BCUT2D eigenvalue weighted by atomic mass is 10.2. The lowest BCUT2D eigenvalue weighted by molar-refractivity contribution is 0.0290. The van der Waals surface area contributed by atoms with E-state index in [9.17, 15) is 9.50 Å². The normalized spacial score (nSPS) is 17.8. The van der Waals surface area contributed by atoms with Gasteiger partial charge in [-0.3, -0.25) is 9.80 Å². The summed E-state index contributed by atoms with van der Waals surface area (Å²) in [5.41, 5.74) is 1.08. The van der Waals surface area contributed by atoms with Gasteiger partial charge in [-0.1, -0.05) is 19.1 Å². The van der Waals surface area contributed by atoms with Crippen molar-refractivity contribution in [3.05, 3.63) is 35.6 Å². The molecule has 0 bridgehead atoms. The molecule has 124 valence electrons. The molecule has 1 aromatic carbocycles. The zero-order chi connectivity index (χ0) is 15.8. The average Bonchev–Trinajstić information content (AvgIpc) is 2.55. The molecule has 0 radical (unpaired) electrons. The molecule has 0 amide bonds. The van der Waals surface area contributed by atoms with Crippen LogP contribution in [0.2, 0.25) is 0 Å². The van der Waals surface area contributed by atoms with Gasteiger partial charge in [-0.05, 0) is 24.1 Å². The van der Waals surface area contributed by atoms with E-state index in [0.717, 1.165) is 57.9 Å². The molecule has 2 rings (SSSR count). The molecule has 1 fully saturated rings. The molecule has 1 aliphatic heterocycles. The predicted octanol–water partition coefficient (Wildman–Crippen LogP) is 1.73. The van der Waals surface area contributed by atoms with Gasteiger partial charge in [-0.2, -0.15) is 0 Å². The first-order valence-electron chi connectivity index (χ1n) is 8.12. The van der Waals surface area contributed by atoms with Crippen molar-refractivity contribution in [2.75, 3.05) is 45.9 Å².